The van der Waals surface area contributed by atoms with Crippen LogP contribution in [0, 0.1) is 0 Å². The van der Waals surface area contributed by atoms with Gasteiger partial charge in [-0.1, -0.05) is 0 Å². The Hall–Kier alpha value is -1.82. The number of nitrogens with two attached hydrogens (primary N) is 1. The first-order chi connectivity index (χ1) is 8.25. The lowest BCUT2D eigenvalue weighted by molar-refractivity contribution is 0.0844. The van der Waals surface area contributed by atoms with Gasteiger partial charge in [-0.2, -0.15) is 4.52 Å². The molecule has 0 atom stereocenters. The van der Waals surface area contributed by atoms with Gasteiger partial charge in [-0.15, -0.1) is 0 Å². The number of nitrogens with one attached hydrogen (secondary N) is 1. The minimum atomic E-state index is -0.242. The monoisotopic (exact) mass is 234 g/mol. The van der Waals surface area contributed by atoms with E-state index in [0.717, 1.165) is 31.7 Å². The van der Waals surface area contributed by atoms with Crippen LogP contribution in [0.4, 0.5) is 5.69 Å². The Labute approximate surface area is 97.4 Å². The molecule has 3 rings (SSSR count). The van der Waals surface area contributed by atoms with Gasteiger partial charge in [-0.05, 0) is 12.8 Å². The minimum Gasteiger partial charge on any atom is -0.393 e. The molecule has 1 saturated heterocycles. The second-order valence-corrected chi connectivity index (χ2v) is 4.31. The van der Waals surface area contributed by atoms with E-state index in [9.17, 15) is 4.79 Å². The highest BCUT2D eigenvalue weighted by atomic mass is 16.5. The molecule has 0 spiro atoms. The van der Waals surface area contributed by atoms with Gasteiger partial charge in [0, 0.05) is 30.9 Å². The molecule has 0 amide bonds. The third kappa shape index (κ3) is 1.70. The van der Waals surface area contributed by atoms with E-state index in [0.29, 0.717) is 11.6 Å². The average Bonchev–Trinajstić information content (AvgIpc) is 2.80. The molecule has 1 aliphatic heterocycles. The standard InChI is InChI=1S/C11H14N4O2/c12-8-6-13-10-5-9(14-15(10)11(8)16)7-1-3-17-4-2-7/h5-7,14H,1-4,12H2. The summed E-state index contributed by atoms with van der Waals surface area (Å²) in [5.41, 5.74) is 7.10. The molecule has 2 aromatic rings. The minimum absolute atomic E-state index is 0.155. The van der Waals surface area contributed by atoms with Crippen LogP contribution in [0.5, 0.6) is 0 Å². The van der Waals surface area contributed by atoms with Crippen molar-refractivity contribution < 1.29 is 4.74 Å². The number of rotatable bonds is 1. The van der Waals surface area contributed by atoms with Gasteiger partial charge < -0.3 is 10.5 Å². The van der Waals surface area contributed by atoms with Gasteiger partial charge >= 0.3 is 0 Å². The lowest BCUT2D eigenvalue weighted by Crippen LogP contribution is -2.19. The second kappa shape index (κ2) is 3.89. The van der Waals surface area contributed by atoms with E-state index >= 15 is 0 Å². The molecule has 0 saturated carbocycles. The summed E-state index contributed by atoms with van der Waals surface area (Å²) in [5.74, 6) is 0.408. The first-order valence-corrected chi connectivity index (χ1v) is 5.69. The highest BCUT2D eigenvalue weighted by molar-refractivity contribution is 5.45. The van der Waals surface area contributed by atoms with Crippen molar-refractivity contribution in [1.82, 2.24) is 14.6 Å². The number of hydrogen-bond acceptors (Lipinski definition) is 4. The van der Waals surface area contributed by atoms with Crippen LogP contribution < -0.4 is 11.3 Å². The van der Waals surface area contributed by atoms with Crippen molar-refractivity contribution >= 4 is 11.3 Å². The van der Waals surface area contributed by atoms with E-state index < -0.39 is 0 Å². The van der Waals surface area contributed by atoms with Crippen molar-refractivity contribution in [2.24, 2.45) is 0 Å². The maximum absolute atomic E-state index is 11.8. The van der Waals surface area contributed by atoms with Crippen molar-refractivity contribution in [3.8, 4) is 0 Å². The fourth-order valence-electron chi connectivity index (χ4n) is 2.21. The predicted molar refractivity (Wildman–Crippen MR) is 63.0 cm³/mol. The first-order valence-electron chi connectivity index (χ1n) is 5.69. The summed E-state index contributed by atoms with van der Waals surface area (Å²) in [6, 6.07) is 1.91. The molecular weight excluding hydrogens is 220 g/mol. The maximum Gasteiger partial charge on any atom is 0.295 e. The molecule has 6 nitrogen and oxygen atoms in total. The number of fused-ring (bicyclic) bond motifs is 1. The zero-order chi connectivity index (χ0) is 11.8. The van der Waals surface area contributed by atoms with E-state index in [4.69, 9.17) is 10.5 Å². The summed E-state index contributed by atoms with van der Waals surface area (Å²) < 4.78 is 6.72. The highest BCUT2D eigenvalue weighted by Gasteiger charge is 2.18. The number of nitrogens with zero attached hydrogens (tertiary/aromatic N) is 2. The third-order valence-electron chi connectivity index (χ3n) is 3.20. The molecule has 1 fully saturated rings. The van der Waals surface area contributed by atoms with Crippen molar-refractivity contribution in [3.05, 3.63) is 28.3 Å². The van der Waals surface area contributed by atoms with Crippen molar-refractivity contribution in [3.63, 3.8) is 0 Å². The van der Waals surface area contributed by atoms with Crippen molar-refractivity contribution in [2.45, 2.75) is 18.8 Å². The van der Waals surface area contributed by atoms with Crippen LogP contribution in [0.15, 0.2) is 17.1 Å². The van der Waals surface area contributed by atoms with Gasteiger partial charge in [-0.25, -0.2) is 4.98 Å². The summed E-state index contributed by atoms with van der Waals surface area (Å²) in [5, 5.41) is 3.08. The first kappa shape index (κ1) is 10.3. The molecule has 6 heteroatoms. The number of aromatic amines is 1. The molecule has 90 valence electrons. The summed E-state index contributed by atoms with van der Waals surface area (Å²) in [4.78, 5) is 15.9. The summed E-state index contributed by atoms with van der Waals surface area (Å²) in [7, 11) is 0. The zero-order valence-electron chi connectivity index (χ0n) is 9.35. The van der Waals surface area contributed by atoms with E-state index in [2.05, 4.69) is 10.1 Å². The van der Waals surface area contributed by atoms with Crippen molar-refractivity contribution in [1.29, 1.82) is 0 Å². The van der Waals surface area contributed by atoms with Crippen LogP contribution in [-0.4, -0.2) is 27.8 Å². The Kier molecular flexibility index (Phi) is 2.36. The fourth-order valence-corrected chi connectivity index (χ4v) is 2.21. The molecule has 0 bridgehead atoms. The molecule has 0 unspecified atom stereocenters. The average molecular weight is 234 g/mol. The van der Waals surface area contributed by atoms with E-state index in [1.165, 1.54) is 10.7 Å². The Morgan fingerprint density at radius 3 is 3.00 bits per heavy atom. The molecule has 0 radical (unpaired) electrons. The Morgan fingerprint density at radius 2 is 2.24 bits per heavy atom. The predicted octanol–water partition coefficient (Wildman–Crippen LogP) is 0.499. The largest absolute Gasteiger partial charge is 0.393 e. The number of anilines is 1. The quantitative estimate of drug-likeness (QED) is 0.752. The summed E-state index contributed by atoms with van der Waals surface area (Å²) >= 11 is 0. The number of H-pyrrole nitrogens is 1. The molecule has 1 aliphatic rings. The van der Waals surface area contributed by atoms with E-state index in [1.54, 1.807) is 0 Å². The number of nitrogen functional groups attached to an aromatic ring is 1. The van der Waals surface area contributed by atoms with Gasteiger partial charge in [0.25, 0.3) is 5.56 Å². The normalized spacial score (nSPS) is 17.6. The summed E-state index contributed by atoms with van der Waals surface area (Å²) in [6.45, 7) is 1.54. The molecule has 0 aliphatic carbocycles. The van der Waals surface area contributed by atoms with E-state index in [1.807, 2.05) is 6.07 Å². The third-order valence-corrected chi connectivity index (χ3v) is 3.20. The Balaban J connectivity index is 2.07. The van der Waals surface area contributed by atoms with Gasteiger partial charge in [-0.3, -0.25) is 9.89 Å². The Bertz CT molecular complexity index is 595. The van der Waals surface area contributed by atoms with Gasteiger partial charge in [0.15, 0.2) is 5.65 Å². The SMILES string of the molecule is Nc1cnc2cc(C3CCOCC3)[nH]n2c1=O. The van der Waals surface area contributed by atoms with Crippen LogP contribution in [0.3, 0.4) is 0 Å². The molecule has 17 heavy (non-hydrogen) atoms. The Morgan fingerprint density at radius 1 is 1.47 bits per heavy atom. The smallest absolute Gasteiger partial charge is 0.295 e. The van der Waals surface area contributed by atoms with Crippen LogP contribution in [0.1, 0.15) is 24.5 Å². The molecule has 3 N–H and O–H groups in total. The number of ether oxygens (including phenoxy) is 1. The van der Waals surface area contributed by atoms with Crippen molar-refractivity contribution in [2.75, 3.05) is 18.9 Å². The van der Waals surface area contributed by atoms with Gasteiger partial charge in [0.1, 0.15) is 5.69 Å². The van der Waals surface area contributed by atoms with Crippen LogP contribution in [0.25, 0.3) is 5.65 Å². The topological polar surface area (TPSA) is 85.4 Å². The van der Waals surface area contributed by atoms with Crippen LogP contribution in [-0.2, 0) is 4.74 Å². The molecular formula is C11H14N4O2. The van der Waals surface area contributed by atoms with Gasteiger partial charge in [0.2, 0.25) is 0 Å². The number of aromatic nitrogens is 3. The lowest BCUT2D eigenvalue weighted by Gasteiger charge is -2.20. The fraction of sp³-hybridized carbons (Fsp3) is 0.455. The van der Waals surface area contributed by atoms with Gasteiger partial charge in [0.05, 0.1) is 6.20 Å². The van der Waals surface area contributed by atoms with Crippen LogP contribution >= 0.6 is 0 Å². The summed E-state index contributed by atoms with van der Waals surface area (Å²) in [6.07, 6.45) is 3.34. The maximum atomic E-state index is 11.8. The highest BCUT2D eigenvalue weighted by Crippen LogP contribution is 2.25. The lowest BCUT2D eigenvalue weighted by atomic mass is 9.97. The molecule has 3 heterocycles. The number of hydrogen-bond donors (Lipinski definition) is 2. The zero-order valence-corrected chi connectivity index (χ0v) is 9.35. The van der Waals surface area contributed by atoms with Crippen LogP contribution in [0.2, 0.25) is 0 Å². The molecule has 0 aromatic carbocycles. The molecule has 2 aromatic heterocycles. The van der Waals surface area contributed by atoms with E-state index in [-0.39, 0.29) is 11.2 Å². The second-order valence-electron chi connectivity index (χ2n) is 4.31.